The maximum Gasteiger partial charge on any atom is 0.217 e. The summed E-state index contributed by atoms with van der Waals surface area (Å²) in [5.74, 6) is 0.463. The third-order valence-electron chi connectivity index (χ3n) is 3.70. The van der Waals surface area contributed by atoms with Crippen LogP contribution in [0.2, 0.25) is 0 Å². The van der Waals surface area contributed by atoms with Gasteiger partial charge in [-0.3, -0.25) is 0 Å². The van der Waals surface area contributed by atoms with E-state index in [4.69, 9.17) is 0 Å². The van der Waals surface area contributed by atoms with Gasteiger partial charge in [0, 0.05) is 19.6 Å². The highest BCUT2D eigenvalue weighted by atomic mass is 32.2. The van der Waals surface area contributed by atoms with Crippen molar-refractivity contribution in [3.8, 4) is 0 Å². The molecule has 4 nitrogen and oxygen atoms in total. The predicted molar refractivity (Wildman–Crippen MR) is 82.9 cm³/mol. The zero-order chi connectivity index (χ0) is 14.9. The summed E-state index contributed by atoms with van der Waals surface area (Å²) in [6.07, 6.45) is 3.09. The van der Waals surface area contributed by atoms with E-state index in [2.05, 4.69) is 26.1 Å². The minimum Gasteiger partial charge on any atom is -0.315 e. The van der Waals surface area contributed by atoms with Gasteiger partial charge < -0.3 is 5.32 Å². The van der Waals surface area contributed by atoms with Gasteiger partial charge in [-0.15, -0.1) is 0 Å². The van der Waals surface area contributed by atoms with Crippen molar-refractivity contribution >= 4 is 10.0 Å². The summed E-state index contributed by atoms with van der Waals surface area (Å²) in [5, 5.41) is 2.84. The molecule has 0 aliphatic carbocycles. The normalized spacial score (nSPS) is 14.3. The second kappa shape index (κ2) is 9.72. The molecule has 0 radical (unpaired) electrons. The summed E-state index contributed by atoms with van der Waals surface area (Å²) in [6, 6.07) is 0. The molecule has 0 spiro atoms. The minimum absolute atomic E-state index is 0.353. The number of nitrogens with zero attached hydrogens (tertiary/aromatic N) is 1. The zero-order valence-electron chi connectivity index (χ0n) is 13.3. The standard InChI is InChI=1S/C14H32N2O2S/c1-6-10-15-11-13(5)19(17,18)16(9-4)12-14(7-2)8-3/h13-15H,6-12H2,1-5H3. The molecule has 1 N–H and O–H groups in total. The summed E-state index contributed by atoms with van der Waals surface area (Å²) in [5.41, 5.74) is 0. The summed E-state index contributed by atoms with van der Waals surface area (Å²) < 4.78 is 26.7. The molecule has 0 aliphatic heterocycles. The first-order valence-electron chi connectivity index (χ1n) is 7.63. The van der Waals surface area contributed by atoms with Gasteiger partial charge in [-0.25, -0.2) is 12.7 Å². The molecule has 0 heterocycles. The highest BCUT2D eigenvalue weighted by Crippen LogP contribution is 2.15. The Morgan fingerprint density at radius 3 is 2.11 bits per heavy atom. The fraction of sp³-hybridized carbons (Fsp3) is 1.00. The van der Waals surface area contributed by atoms with Gasteiger partial charge in [-0.2, -0.15) is 0 Å². The van der Waals surface area contributed by atoms with Gasteiger partial charge in [0.05, 0.1) is 5.25 Å². The molecule has 0 aliphatic rings. The van der Waals surface area contributed by atoms with Gasteiger partial charge in [0.15, 0.2) is 0 Å². The molecule has 1 unspecified atom stereocenters. The number of rotatable bonds is 11. The molecule has 0 amide bonds. The van der Waals surface area contributed by atoms with Gasteiger partial charge in [-0.05, 0) is 25.8 Å². The smallest absolute Gasteiger partial charge is 0.217 e. The lowest BCUT2D eigenvalue weighted by molar-refractivity contribution is 0.335. The molecule has 1 atom stereocenters. The second-order valence-corrected chi connectivity index (χ2v) is 7.54. The van der Waals surface area contributed by atoms with Gasteiger partial charge in [0.2, 0.25) is 10.0 Å². The lowest BCUT2D eigenvalue weighted by Gasteiger charge is -2.28. The van der Waals surface area contributed by atoms with E-state index in [1.807, 2.05) is 6.92 Å². The van der Waals surface area contributed by atoms with E-state index >= 15 is 0 Å². The Balaban J connectivity index is 4.63. The Morgan fingerprint density at radius 1 is 1.11 bits per heavy atom. The molecular formula is C14H32N2O2S. The first-order valence-corrected chi connectivity index (χ1v) is 9.13. The summed E-state index contributed by atoms with van der Waals surface area (Å²) in [6.45, 7) is 12.7. The fourth-order valence-electron chi connectivity index (χ4n) is 2.09. The maximum absolute atomic E-state index is 12.5. The van der Waals surface area contributed by atoms with Crippen molar-refractivity contribution in [1.29, 1.82) is 0 Å². The van der Waals surface area contributed by atoms with E-state index in [1.165, 1.54) is 0 Å². The molecule has 5 heteroatoms. The van der Waals surface area contributed by atoms with Gasteiger partial charge >= 0.3 is 0 Å². The third kappa shape index (κ3) is 6.23. The molecular weight excluding hydrogens is 260 g/mol. The Kier molecular flexibility index (Phi) is 9.66. The van der Waals surface area contributed by atoms with Crippen molar-refractivity contribution < 1.29 is 8.42 Å². The van der Waals surface area contributed by atoms with Crippen molar-refractivity contribution in [2.24, 2.45) is 5.92 Å². The average Bonchev–Trinajstić information content (AvgIpc) is 2.40. The third-order valence-corrected chi connectivity index (χ3v) is 6.01. The molecule has 0 aromatic heterocycles. The largest absolute Gasteiger partial charge is 0.315 e. The van der Waals surface area contributed by atoms with Crippen LogP contribution in [0.5, 0.6) is 0 Å². The molecule has 116 valence electrons. The number of sulfonamides is 1. The van der Waals surface area contributed by atoms with Crippen LogP contribution in [0.4, 0.5) is 0 Å². The lowest BCUT2D eigenvalue weighted by atomic mass is 10.0. The van der Waals surface area contributed by atoms with Crippen molar-refractivity contribution in [3.63, 3.8) is 0 Å². The van der Waals surface area contributed by atoms with E-state index in [9.17, 15) is 8.42 Å². The highest BCUT2D eigenvalue weighted by Gasteiger charge is 2.28. The van der Waals surface area contributed by atoms with Crippen molar-refractivity contribution in [3.05, 3.63) is 0 Å². The first-order chi connectivity index (χ1) is 8.93. The van der Waals surface area contributed by atoms with Gasteiger partial charge in [-0.1, -0.05) is 40.5 Å². The predicted octanol–water partition coefficient (Wildman–Crippen LogP) is 2.46. The summed E-state index contributed by atoms with van der Waals surface area (Å²) >= 11 is 0. The second-order valence-electron chi connectivity index (χ2n) is 5.19. The highest BCUT2D eigenvalue weighted by molar-refractivity contribution is 7.89. The minimum atomic E-state index is -3.18. The molecule has 0 bridgehead atoms. The first kappa shape index (κ1) is 18.9. The molecule has 19 heavy (non-hydrogen) atoms. The average molecular weight is 292 g/mol. The van der Waals surface area contributed by atoms with Gasteiger partial charge in [0.1, 0.15) is 0 Å². The summed E-state index contributed by atoms with van der Waals surface area (Å²) in [7, 11) is -3.18. The van der Waals surface area contributed by atoms with E-state index in [-0.39, 0.29) is 5.25 Å². The van der Waals surface area contributed by atoms with Crippen LogP contribution in [-0.4, -0.2) is 44.2 Å². The quantitative estimate of drug-likeness (QED) is 0.595. The molecule has 0 saturated carbocycles. The van der Waals surface area contributed by atoms with Crippen LogP contribution in [0, 0.1) is 5.92 Å². The molecule has 0 aromatic carbocycles. The van der Waals surface area contributed by atoms with Crippen LogP contribution in [0.3, 0.4) is 0 Å². The van der Waals surface area contributed by atoms with E-state index in [1.54, 1.807) is 11.2 Å². The molecule has 0 fully saturated rings. The van der Waals surface area contributed by atoms with Crippen LogP contribution < -0.4 is 5.32 Å². The Labute approximate surface area is 120 Å². The zero-order valence-corrected chi connectivity index (χ0v) is 14.1. The monoisotopic (exact) mass is 292 g/mol. The Bertz CT molecular complexity index is 313. The van der Waals surface area contributed by atoms with Crippen molar-refractivity contribution in [2.75, 3.05) is 26.2 Å². The lowest BCUT2D eigenvalue weighted by Crippen LogP contribution is -2.44. The van der Waals surface area contributed by atoms with E-state index in [0.717, 1.165) is 25.8 Å². The molecule has 0 saturated heterocycles. The topological polar surface area (TPSA) is 49.4 Å². The maximum atomic E-state index is 12.5. The van der Waals surface area contributed by atoms with Crippen LogP contribution in [0.15, 0.2) is 0 Å². The molecule has 0 rings (SSSR count). The number of hydrogen-bond donors (Lipinski definition) is 1. The van der Waals surface area contributed by atoms with Gasteiger partial charge in [0.25, 0.3) is 0 Å². The van der Waals surface area contributed by atoms with Crippen LogP contribution in [0.1, 0.15) is 53.9 Å². The fourth-order valence-corrected chi connectivity index (χ4v) is 3.71. The van der Waals surface area contributed by atoms with Crippen LogP contribution >= 0.6 is 0 Å². The van der Waals surface area contributed by atoms with Crippen LogP contribution in [-0.2, 0) is 10.0 Å². The number of hydrogen-bond acceptors (Lipinski definition) is 3. The SMILES string of the molecule is CCCNCC(C)S(=O)(=O)N(CC)CC(CC)CC. The number of nitrogens with one attached hydrogen (secondary N) is 1. The van der Waals surface area contributed by atoms with Crippen molar-refractivity contribution in [1.82, 2.24) is 9.62 Å². The van der Waals surface area contributed by atoms with Crippen LogP contribution in [0.25, 0.3) is 0 Å². The van der Waals surface area contributed by atoms with E-state index < -0.39 is 10.0 Å². The summed E-state index contributed by atoms with van der Waals surface area (Å²) in [4.78, 5) is 0. The Morgan fingerprint density at radius 2 is 1.68 bits per heavy atom. The molecule has 0 aromatic rings. The van der Waals surface area contributed by atoms with Crippen molar-refractivity contribution in [2.45, 2.75) is 59.1 Å². The van der Waals surface area contributed by atoms with E-state index in [0.29, 0.717) is 25.6 Å². The Hall–Kier alpha value is -0.130.